The Morgan fingerprint density at radius 3 is 2.81 bits per heavy atom. The molecule has 1 N–H and O–H groups in total. The summed E-state index contributed by atoms with van der Waals surface area (Å²) in [5, 5.41) is 8.72. The minimum Gasteiger partial charge on any atom is -0.466 e. The lowest BCUT2D eigenvalue weighted by atomic mass is 10.2. The number of aliphatic hydroxyl groups is 1. The smallest absolute Gasteiger partial charge is 0.222 e. The second kappa shape index (κ2) is 7.64. The molecule has 1 heterocycles. The predicted molar refractivity (Wildman–Crippen MR) is 82.1 cm³/mol. The van der Waals surface area contributed by atoms with Crippen molar-refractivity contribution in [1.82, 2.24) is 4.90 Å². The van der Waals surface area contributed by atoms with E-state index >= 15 is 0 Å². The zero-order chi connectivity index (χ0) is 15.2. The van der Waals surface area contributed by atoms with Crippen LogP contribution in [0.5, 0.6) is 0 Å². The zero-order valence-corrected chi connectivity index (χ0v) is 13.2. The van der Waals surface area contributed by atoms with Crippen LogP contribution in [0.1, 0.15) is 56.5 Å². The molecule has 1 aromatic heterocycles. The fourth-order valence-corrected chi connectivity index (χ4v) is 2.63. The fraction of sp³-hybridized carbons (Fsp3) is 0.706. The summed E-state index contributed by atoms with van der Waals surface area (Å²) < 4.78 is 5.82. The van der Waals surface area contributed by atoms with E-state index in [2.05, 4.69) is 13.0 Å². The second-order valence-corrected chi connectivity index (χ2v) is 6.22. The Labute approximate surface area is 127 Å². The molecule has 1 aromatic rings. The number of carbonyl (C=O) groups is 1. The summed E-state index contributed by atoms with van der Waals surface area (Å²) in [5.74, 6) is 3.52. The number of carbonyl (C=O) groups excluding carboxylic acids is 1. The first-order chi connectivity index (χ1) is 10.1. The molecule has 1 aliphatic carbocycles. The Kier molecular flexibility index (Phi) is 5.85. The molecule has 0 aromatic carbocycles. The molecule has 4 heteroatoms. The van der Waals surface area contributed by atoms with Crippen molar-refractivity contribution in [3.05, 3.63) is 23.7 Å². The van der Waals surface area contributed by atoms with Crippen molar-refractivity contribution in [1.29, 1.82) is 0 Å². The number of nitrogens with zero attached hydrogens (tertiary/aromatic N) is 1. The first kappa shape index (κ1) is 16.1. The Balaban J connectivity index is 1.67. The topological polar surface area (TPSA) is 53.7 Å². The van der Waals surface area contributed by atoms with Gasteiger partial charge in [-0.2, -0.15) is 0 Å². The summed E-state index contributed by atoms with van der Waals surface area (Å²) in [7, 11) is 1.85. The van der Waals surface area contributed by atoms with E-state index in [1.165, 1.54) is 6.42 Å². The van der Waals surface area contributed by atoms with E-state index < -0.39 is 0 Å². The molecule has 4 nitrogen and oxygen atoms in total. The molecule has 21 heavy (non-hydrogen) atoms. The molecular formula is C17H27NO3. The second-order valence-electron chi connectivity index (χ2n) is 6.22. The van der Waals surface area contributed by atoms with Crippen molar-refractivity contribution in [3.8, 4) is 0 Å². The predicted octanol–water partition coefficient (Wildman–Crippen LogP) is 2.96. The number of aryl methyl sites for hydroxylation is 1. The van der Waals surface area contributed by atoms with Crippen molar-refractivity contribution >= 4 is 5.91 Å². The lowest BCUT2D eigenvalue weighted by Gasteiger charge is -2.16. The number of amides is 1. The summed E-state index contributed by atoms with van der Waals surface area (Å²) in [5.41, 5.74) is 0. The highest BCUT2D eigenvalue weighted by atomic mass is 16.3. The van der Waals surface area contributed by atoms with E-state index in [4.69, 9.17) is 9.52 Å². The minimum atomic E-state index is 0.164. The van der Waals surface area contributed by atoms with Crippen LogP contribution in [0.2, 0.25) is 0 Å². The van der Waals surface area contributed by atoms with E-state index in [0.717, 1.165) is 43.2 Å². The normalized spacial score (nSPS) is 20.5. The van der Waals surface area contributed by atoms with Crippen molar-refractivity contribution in [2.45, 2.75) is 51.4 Å². The van der Waals surface area contributed by atoms with Gasteiger partial charge in [0.15, 0.2) is 0 Å². The number of unbranched alkanes of at least 4 members (excludes halogenated alkanes) is 2. The maximum atomic E-state index is 12.0. The third-order valence-electron chi connectivity index (χ3n) is 4.32. The van der Waals surface area contributed by atoms with Crippen LogP contribution in [0.3, 0.4) is 0 Å². The lowest BCUT2D eigenvalue weighted by Crippen LogP contribution is -2.27. The van der Waals surface area contributed by atoms with Gasteiger partial charge in [0.2, 0.25) is 5.91 Å². The van der Waals surface area contributed by atoms with E-state index in [0.29, 0.717) is 18.8 Å². The van der Waals surface area contributed by atoms with Gasteiger partial charge in [0.05, 0.1) is 0 Å². The Hall–Kier alpha value is -1.29. The van der Waals surface area contributed by atoms with Crippen LogP contribution >= 0.6 is 0 Å². The molecule has 2 unspecified atom stereocenters. The Bertz CT molecular complexity index is 455. The number of hydrogen-bond donors (Lipinski definition) is 1. The van der Waals surface area contributed by atoms with Gasteiger partial charge in [-0.25, -0.2) is 0 Å². The fourth-order valence-electron chi connectivity index (χ4n) is 2.63. The minimum absolute atomic E-state index is 0.164. The largest absolute Gasteiger partial charge is 0.466 e. The van der Waals surface area contributed by atoms with Crippen molar-refractivity contribution in [2.24, 2.45) is 5.92 Å². The average molecular weight is 293 g/mol. The van der Waals surface area contributed by atoms with E-state index in [9.17, 15) is 4.79 Å². The molecule has 2 atom stereocenters. The number of hydrogen-bond acceptors (Lipinski definition) is 3. The highest BCUT2D eigenvalue weighted by molar-refractivity contribution is 5.76. The maximum Gasteiger partial charge on any atom is 0.222 e. The summed E-state index contributed by atoms with van der Waals surface area (Å²) >= 11 is 0. The van der Waals surface area contributed by atoms with Gasteiger partial charge < -0.3 is 14.4 Å². The van der Waals surface area contributed by atoms with Crippen molar-refractivity contribution in [3.63, 3.8) is 0 Å². The molecule has 0 bridgehead atoms. The average Bonchev–Trinajstić information content (AvgIpc) is 3.02. The monoisotopic (exact) mass is 293 g/mol. The summed E-state index contributed by atoms with van der Waals surface area (Å²) in [6.07, 6.45) is 5.15. The van der Waals surface area contributed by atoms with Gasteiger partial charge in [0, 0.05) is 39.0 Å². The molecule has 2 rings (SSSR count). The molecule has 0 saturated heterocycles. The molecular weight excluding hydrogens is 266 g/mol. The third kappa shape index (κ3) is 4.88. The van der Waals surface area contributed by atoms with E-state index in [1.54, 1.807) is 4.90 Å². The summed E-state index contributed by atoms with van der Waals surface area (Å²) in [6.45, 7) is 3.24. The van der Waals surface area contributed by atoms with E-state index in [-0.39, 0.29) is 12.5 Å². The SMILES string of the molecule is CC1CC1c1ccc(CCC(=O)N(C)CCCCCO)o1. The van der Waals surface area contributed by atoms with Crippen LogP contribution < -0.4 is 0 Å². The zero-order valence-electron chi connectivity index (χ0n) is 13.2. The van der Waals surface area contributed by atoms with Crippen LogP contribution in [0, 0.1) is 5.92 Å². The van der Waals surface area contributed by atoms with Crippen LogP contribution in [-0.2, 0) is 11.2 Å². The highest BCUT2D eigenvalue weighted by Crippen LogP contribution is 2.47. The third-order valence-corrected chi connectivity index (χ3v) is 4.32. The molecule has 1 aliphatic rings. The van der Waals surface area contributed by atoms with Crippen molar-refractivity contribution < 1.29 is 14.3 Å². The van der Waals surface area contributed by atoms with Gasteiger partial charge in [0.1, 0.15) is 11.5 Å². The molecule has 0 aliphatic heterocycles. The van der Waals surface area contributed by atoms with Gasteiger partial charge >= 0.3 is 0 Å². The highest BCUT2D eigenvalue weighted by Gasteiger charge is 2.36. The molecule has 1 saturated carbocycles. The first-order valence-corrected chi connectivity index (χ1v) is 8.05. The molecule has 0 radical (unpaired) electrons. The van der Waals surface area contributed by atoms with Crippen LogP contribution in [0.25, 0.3) is 0 Å². The molecule has 1 fully saturated rings. The number of rotatable bonds is 9. The van der Waals surface area contributed by atoms with Crippen LogP contribution in [0.4, 0.5) is 0 Å². The van der Waals surface area contributed by atoms with Crippen LogP contribution in [-0.4, -0.2) is 36.1 Å². The van der Waals surface area contributed by atoms with Gasteiger partial charge in [0.25, 0.3) is 0 Å². The molecule has 0 spiro atoms. The van der Waals surface area contributed by atoms with Gasteiger partial charge in [-0.3, -0.25) is 4.79 Å². The number of aliphatic hydroxyl groups excluding tert-OH is 1. The maximum absolute atomic E-state index is 12.0. The van der Waals surface area contributed by atoms with E-state index in [1.807, 2.05) is 13.1 Å². The first-order valence-electron chi connectivity index (χ1n) is 8.05. The van der Waals surface area contributed by atoms with Gasteiger partial charge in [-0.1, -0.05) is 6.92 Å². The summed E-state index contributed by atoms with van der Waals surface area (Å²) in [6, 6.07) is 4.07. The number of furan rings is 1. The van der Waals surface area contributed by atoms with Gasteiger partial charge in [-0.05, 0) is 43.7 Å². The standard InChI is InChI=1S/C17H27NO3/c1-13-12-15(13)16-8-6-14(21-16)7-9-17(20)18(2)10-4-3-5-11-19/h6,8,13,15,19H,3-5,7,9-12H2,1-2H3. The van der Waals surface area contributed by atoms with Gasteiger partial charge in [-0.15, -0.1) is 0 Å². The molecule has 118 valence electrons. The lowest BCUT2D eigenvalue weighted by molar-refractivity contribution is -0.130. The summed E-state index contributed by atoms with van der Waals surface area (Å²) in [4.78, 5) is 13.8. The molecule has 1 amide bonds. The Morgan fingerprint density at radius 2 is 2.14 bits per heavy atom. The van der Waals surface area contributed by atoms with Crippen molar-refractivity contribution in [2.75, 3.05) is 20.2 Å². The van der Waals surface area contributed by atoms with Crippen LogP contribution in [0.15, 0.2) is 16.5 Å². The quantitative estimate of drug-likeness (QED) is 0.712. The Morgan fingerprint density at radius 1 is 1.38 bits per heavy atom.